The highest BCUT2D eigenvalue weighted by Gasteiger charge is 2.07. The number of hydrogen-bond acceptors (Lipinski definition) is 3. The first-order valence-electron chi connectivity index (χ1n) is 6.23. The Hall–Kier alpha value is -1.06. The SMILES string of the molecule is CCOCCCC(N)Cc1ccccc1OC. The molecule has 1 aromatic rings. The molecule has 0 aliphatic rings. The fourth-order valence-corrected chi connectivity index (χ4v) is 1.85. The van der Waals surface area contributed by atoms with Gasteiger partial charge in [0, 0.05) is 19.3 Å². The van der Waals surface area contributed by atoms with Crippen molar-refractivity contribution in [1.29, 1.82) is 0 Å². The zero-order valence-corrected chi connectivity index (χ0v) is 10.8. The molecule has 1 rings (SSSR count). The maximum absolute atomic E-state index is 6.10. The highest BCUT2D eigenvalue weighted by molar-refractivity contribution is 5.33. The number of ether oxygens (including phenoxy) is 2. The van der Waals surface area contributed by atoms with Gasteiger partial charge in [0.1, 0.15) is 5.75 Å². The van der Waals surface area contributed by atoms with Crippen LogP contribution in [-0.2, 0) is 11.2 Å². The molecule has 0 spiro atoms. The van der Waals surface area contributed by atoms with Crippen LogP contribution in [0.3, 0.4) is 0 Å². The summed E-state index contributed by atoms with van der Waals surface area (Å²) in [4.78, 5) is 0. The maximum Gasteiger partial charge on any atom is 0.122 e. The molecule has 2 N–H and O–H groups in total. The van der Waals surface area contributed by atoms with Gasteiger partial charge in [-0.1, -0.05) is 18.2 Å². The molecule has 0 saturated carbocycles. The minimum Gasteiger partial charge on any atom is -0.496 e. The molecule has 1 aromatic carbocycles. The van der Waals surface area contributed by atoms with Gasteiger partial charge in [-0.3, -0.25) is 0 Å². The monoisotopic (exact) mass is 237 g/mol. The van der Waals surface area contributed by atoms with Crippen molar-refractivity contribution in [1.82, 2.24) is 0 Å². The van der Waals surface area contributed by atoms with E-state index in [1.165, 1.54) is 5.56 Å². The summed E-state index contributed by atoms with van der Waals surface area (Å²) < 4.78 is 10.6. The number of benzene rings is 1. The third-order valence-corrected chi connectivity index (χ3v) is 2.74. The van der Waals surface area contributed by atoms with Crippen molar-refractivity contribution in [2.75, 3.05) is 20.3 Å². The van der Waals surface area contributed by atoms with Crippen LogP contribution in [-0.4, -0.2) is 26.4 Å². The van der Waals surface area contributed by atoms with E-state index >= 15 is 0 Å². The Morgan fingerprint density at radius 2 is 2.06 bits per heavy atom. The van der Waals surface area contributed by atoms with E-state index in [1.807, 2.05) is 25.1 Å². The first-order valence-corrected chi connectivity index (χ1v) is 6.23. The normalized spacial score (nSPS) is 12.4. The number of hydrogen-bond donors (Lipinski definition) is 1. The zero-order chi connectivity index (χ0) is 12.5. The smallest absolute Gasteiger partial charge is 0.122 e. The summed E-state index contributed by atoms with van der Waals surface area (Å²) in [6.07, 6.45) is 2.86. The highest BCUT2D eigenvalue weighted by Crippen LogP contribution is 2.19. The molecule has 0 aliphatic carbocycles. The van der Waals surface area contributed by atoms with Gasteiger partial charge in [0.15, 0.2) is 0 Å². The lowest BCUT2D eigenvalue weighted by Gasteiger charge is -2.14. The molecule has 0 aliphatic heterocycles. The van der Waals surface area contributed by atoms with Crippen LogP contribution in [0, 0.1) is 0 Å². The Kier molecular flexibility index (Phi) is 6.67. The Morgan fingerprint density at radius 1 is 1.29 bits per heavy atom. The standard InChI is InChI=1S/C14H23NO2/c1-3-17-10-6-8-13(15)11-12-7-4-5-9-14(12)16-2/h4-5,7,9,13H,3,6,8,10-11,15H2,1-2H3. The Labute approximate surface area is 104 Å². The molecule has 0 heterocycles. The van der Waals surface area contributed by atoms with Crippen molar-refractivity contribution in [3.63, 3.8) is 0 Å². The largest absolute Gasteiger partial charge is 0.496 e. The van der Waals surface area contributed by atoms with E-state index in [0.717, 1.165) is 38.2 Å². The molecule has 1 unspecified atom stereocenters. The van der Waals surface area contributed by atoms with Crippen LogP contribution in [0.5, 0.6) is 5.75 Å². The molecular weight excluding hydrogens is 214 g/mol. The first kappa shape index (κ1) is 14.0. The highest BCUT2D eigenvalue weighted by atomic mass is 16.5. The third kappa shape index (κ3) is 5.20. The third-order valence-electron chi connectivity index (χ3n) is 2.74. The van der Waals surface area contributed by atoms with Crippen molar-refractivity contribution in [3.8, 4) is 5.75 Å². The lowest BCUT2D eigenvalue weighted by Crippen LogP contribution is -2.23. The topological polar surface area (TPSA) is 44.5 Å². The van der Waals surface area contributed by atoms with Gasteiger partial charge in [0.25, 0.3) is 0 Å². The molecule has 0 amide bonds. The van der Waals surface area contributed by atoms with Crippen molar-refractivity contribution in [2.45, 2.75) is 32.2 Å². The van der Waals surface area contributed by atoms with Crippen LogP contribution in [0.1, 0.15) is 25.3 Å². The van der Waals surface area contributed by atoms with Crippen LogP contribution in [0.2, 0.25) is 0 Å². The zero-order valence-electron chi connectivity index (χ0n) is 10.8. The summed E-state index contributed by atoms with van der Waals surface area (Å²) in [6.45, 7) is 3.59. The molecule has 3 nitrogen and oxygen atoms in total. The van der Waals surface area contributed by atoms with Crippen LogP contribution in [0.15, 0.2) is 24.3 Å². The molecule has 0 fully saturated rings. The van der Waals surface area contributed by atoms with Gasteiger partial charge in [0.2, 0.25) is 0 Å². The second-order valence-corrected chi connectivity index (χ2v) is 4.12. The Bertz CT molecular complexity index is 315. The maximum atomic E-state index is 6.10. The van der Waals surface area contributed by atoms with Crippen molar-refractivity contribution in [2.24, 2.45) is 5.73 Å². The summed E-state index contributed by atoms with van der Waals surface area (Å²) in [5, 5.41) is 0. The molecular formula is C14H23NO2. The molecule has 17 heavy (non-hydrogen) atoms. The molecule has 0 bridgehead atoms. The number of methoxy groups -OCH3 is 1. The van der Waals surface area contributed by atoms with E-state index < -0.39 is 0 Å². The minimum atomic E-state index is 0.173. The Balaban J connectivity index is 2.36. The van der Waals surface area contributed by atoms with E-state index in [9.17, 15) is 0 Å². The van der Waals surface area contributed by atoms with Gasteiger partial charge in [-0.05, 0) is 37.8 Å². The average molecular weight is 237 g/mol. The van der Waals surface area contributed by atoms with E-state index in [2.05, 4.69) is 6.07 Å². The van der Waals surface area contributed by atoms with Gasteiger partial charge in [0.05, 0.1) is 7.11 Å². The average Bonchev–Trinajstić information content (AvgIpc) is 2.35. The predicted octanol–water partition coefficient (Wildman–Crippen LogP) is 2.38. The predicted molar refractivity (Wildman–Crippen MR) is 70.4 cm³/mol. The summed E-state index contributed by atoms with van der Waals surface area (Å²) in [5.74, 6) is 0.924. The van der Waals surface area contributed by atoms with Gasteiger partial charge in [-0.25, -0.2) is 0 Å². The second-order valence-electron chi connectivity index (χ2n) is 4.12. The van der Waals surface area contributed by atoms with Gasteiger partial charge < -0.3 is 15.2 Å². The van der Waals surface area contributed by atoms with E-state index in [-0.39, 0.29) is 6.04 Å². The van der Waals surface area contributed by atoms with Gasteiger partial charge in [-0.2, -0.15) is 0 Å². The summed E-state index contributed by atoms with van der Waals surface area (Å²) in [7, 11) is 1.69. The second kappa shape index (κ2) is 8.09. The summed E-state index contributed by atoms with van der Waals surface area (Å²) >= 11 is 0. The number of rotatable bonds is 8. The van der Waals surface area contributed by atoms with Crippen LogP contribution in [0.4, 0.5) is 0 Å². The van der Waals surface area contributed by atoms with Crippen LogP contribution >= 0.6 is 0 Å². The quantitative estimate of drug-likeness (QED) is 0.706. The molecule has 0 radical (unpaired) electrons. The fraction of sp³-hybridized carbons (Fsp3) is 0.571. The fourth-order valence-electron chi connectivity index (χ4n) is 1.85. The van der Waals surface area contributed by atoms with E-state index in [1.54, 1.807) is 7.11 Å². The summed E-state index contributed by atoms with van der Waals surface area (Å²) in [5.41, 5.74) is 7.28. The van der Waals surface area contributed by atoms with E-state index in [0.29, 0.717) is 0 Å². The lowest BCUT2D eigenvalue weighted by atomic mass is 10.0. The lowest BCUT2D eigenvalue weighted by molar-refractivity contribution is 0.142. The van der Waals surface area contributed by atoms with Crippen molar-refractivity contribution in [3.05, 3.63) is 29.8 Å². The van der Waals surface area contributed by atoms with Crippen LogP contribution < -0.4 is 10.5 Å². The molecule has 96 valence electrons. The van der Waals surface area contributed by atoms with Gasteiger partial charge >= 0.3 is 0 Å². The summed E-state index contributed by atoms with van der Waals surface area (Å²) in [6, 6.07) is 8.21. The molecule has 0 aromatic heterocycles. The van der Waals surface area contributed by atoms with Gasteiger partial charge in [-0.15, -0.1) is 0 Å². The molecule has 0 saturated heterocycles. The Morgan fingerprint density at radius 3 is 2.76 bits per heavy atom. The molecule has 1 atom stereocenters. The molecule has 3 heteroatoms. The number of nitrogens with two attached hydrogens (primary N) is 1. The number of para-hydroxylation sites is 1. The van der Waals surface area contributed by atoms with E-state index in [4.69, 9.17) is 15.2 Å². The van der Waals surface area contributed by atoms with Crippen molar-refractivity contribution < 1.29 is 9.47 Å². The van der Waals surface area contributed by atoms with Crippen molar-refractivity contribution >= 4 is 0 Å². The van der Waals surface area contributed by atoms with Crippen LogP contribution in [0.25, 0.3) is 0 Å². The minimum absolute atomic E-state index is 0.173. The first-order chi connectivity index (χ1) is 8.27.